The van der Waals surface area contributed by atoms with E-state index >= 15 is 0 Å². The Morgan fingerprint density at radius 3 is 3.07 bits per heavy atom. The van der Waals surface area contributed by atoms with Gasteiger partial charge < -0.3 is 5.32 Å². The van der Waals surface area contributed by atoms with Gasteiger partial charge in [0.15, 0.2) is 0 Å². The maximum Gasteiger partial charge on any atom is 0.0320 e. The second kappa shape index (κ2) is 5.54. The van der Waals surface area contributed by atoms with Crippen molar-refractivity contribution in [2.75, 3.05) is 13.6 Å². The monoisotopic (exact) mass is 222 g/mol. The van der Waals surface area contributed by atoms with Gasteiger partial charge in [-0.2, -0.15) is 0 Å². The van der Waals surface area contributed by atoms with Crippen LogP contribution in [0.5, 0.6) is 0 Å². The molecule has 3 heteroatoms. The molecule has 15 heavy (non-hydrogen) atoms. The molecule has 2 nitrogen and oxygen atoms in total. The predicted octanol–water partition coefficient (Wildman–Crippen LogP) is 2.73. The van der Waals surface area contributed by atoms with E-state index < -0.39 is 0 Å². The number of nitrogens with one attached hydrogen (secondary N) is 2. The van der Waals surface area contributed by atoms with Crippen LogP contribution in [0.4, 0.5) is 0 Å². The number of hydrogen-bond acceptors (Lipinski definition) is 3. The molecule has 1 aromatic carbocycles. The standard InChI is InChI=1S/C12H18N2S/c1-13-15-11-6-4-5-10(9-11)12-7-2-3-8-14-12/h4-6,9,12-14H,2-3,7-8H2,1H3. The fraction of sp³-hybridized carbons (Fsp3) is 0.500. The van der Waals surface area contributed by atoms with E-state index in [9.17, 15) is 0 Å². The zero-order valence-electron chi connectivity index (χ0n) is 9.12. The highest BCUT2D eigenvalue weighted by molar-refractivity contribution is 7.97. The quantitative estimate of drug-likeness (QED) is 0.769. The molecule has 0 bridgehead atoms. The van der Waals surface area contributed by atoms with Gasteiger partial charge in [0.25, 0.3) is 0 Å². The first-order valence-corrected chi connectivity index (χ1v) is 6.39. The fourth-order valence-corrected chi connectivity index (χ4v) is 2.63. The second-order valence-corrected chi connectivity index (χ2v) is 4.96. The van der Waals surface area contributed by atoms with E-state index in [2.05, 4.69) is 34.3 Å². The van der Waals surface area contributed by atoms with Gasteiger partial charge in [-0.25, -0.2) is 0 Å². The van der Waals surface area contributed by atoms with E-state index in [0.29, 0.717) is 6.04 Å². The Balaban J connectivity index is 2.09. The molecule has 0 saturated carbocycles. The first kappa shape index (κ1) is 11.0. The van der Waals surface area contributed by atoms with Gasteiger partial charge in [-0.3, -0.25) is 4.72 Å². The van der Waals surface area contributed by atoms with Crippen molar-refractivity contribution >= 4 is 11.9 Å². The number of benzene rings is 1. The molecule has 0 amide bonds. The van der Waals surface area contributed by atoms with Crippen molar-refractivity contribution in [1.82, 2.24) is 10.0 Å². The molecule has 2 N–H and O–H groups in total. The Labute approximate surface area is 96.0 Å². The molecule has 82 valence electrons. The number of rotatable bonds is 3. The third-order valence-corrected chi connectivity index (χ3v) is 3.48. The van der Waals surface area contributed by atoms with Gasteiger partial charge >= 0.3 is 0 Å². The lowest BCUT2D eigenvalue weighted by Gasteiger charge is -2.24. The number of hydrogen-bond donors (Lipinski definition) is 2. The minimum absolute atomic E-state index is 0.566. The highest BCUT2D eigenvalue weighted by Gasteiger charge is 2.14. The van der Waals surface area contributed by atoms with E-state index in [1.165, 1.54) is 29.7 Å². The molecule has 0 spiro atoms. The SMILES string of the molecule is CNSc1cccc(C2CCCCN2)c1. The van der Waals surface area contributed by atoms with Gasteiger partial charge in [0.1, 0.15) is 0 Å². The molecular weight excluding hydrogens is 204 g/mol. The summed E-state index contributed by atoms with van der Waals surface area (Å²) in [6, 6.07) is 9.36. The van der Waals surface area contributed by atoms with E-state index in [4.69, 9.17) is 0 Å². The second-order valence-electron chi connectivity index (χ2n) is 3.88. The van der Waals surface area contributed by atoms with Crippen molar-refractivity contribution in [3.63, 3.8) is 0 Å². The molecule has 0 aromatic heterocycles. The van der Waals surface area contributed by atoms with Crippen LogP contribution in [0.25, 0.3) is 0 Å². The van der Waals surface area contributed by atoms with Gasteiger partial charge in [-0.1, -0.05) is 18.6 Å². The average Bonchev–Trinajstić information content (AvgIpc) is 2.31. The Bertz CT molecular complexity index is 308. The molecule has 1 aliphatic heterocycles. The first-order valence-electron chi connectivity index (χ1n) is 5.57. The molecule has 1 unspecified atom stereocenters. The minimum atomic E-state index is 0.566. The third-order valence-electron chi connectivity index (χ3n) is 2.79. The van der Waals surface area contributed by atoms with Crippen LogP contribution in [-0.4, -0.2) is 13.6 Å². The summed E-state index contributed by atoms with van der Waals surface area (Å²) in [5.74, 6) is 0. The lowest BCUT2D eigenvalue weighted by molar-refractivity contribution is 0.412. The first-order chi connectivity index (χ1) is 7.40. The van der Waals surface area contributed by atoms with Crippen molar-refractivity contribution in [2.24, 2.45) is 0 Å². The Kier molecular flexibility index (Phi) is 4.06. The summed E-state index contributed by atoms with van der Waals surface area (Å²) in [5.41, 5.74) is 1.43. The molecule has 1 heterocycles. The molecule has 2 rings (SSSR count). The molecular formula is C12H18N2S. The van der Waals surface area contributed by atoms with Crippen LogP contribution < -0.4 is 10.0 Å². The van der Waals surface area contributed by atoms with Crippen molar-refractivity contribution < 1.29 is 0 Å². The maximum atomic E-state index is 3.58. The van der Waals surface area contributed by atoms with Crippen molar-refractivity contribution in [2.45, 2.75) is 30.2 Å². The van der Waals surface area contributed by atoms with Gasteiger partial charge in [-0.15, -0.1) is 0 Å². The fourth-order valence-electron chi connectivity index (χ4n) is 2.05. The maximum absolute atomic E-state index is 3.58. The van der Waals surface area contributed by atoms with Crippen LogP contribution in [0.3, 0.4) is 0 Å². The lowest BCUT2D eigenvalue weighted by atomic mass is 9.98. The Morgan fingerprint density at radius 2 is 2.33 bits per heavy atom. The summed E-state index contributed by atoms with van der Waals surface area (Å²) < 4.78 is 3.11. The van der Waals surface area contributed by atoms with Gasteiger partial charge in [0, 0.05) is 10.9 Å². The summed E-state index contributed by atoms with van der Waals surface area (Å²) >= 11 is 1.68. The summed E-state index contributed by atoms with van der Waals surface area (Å²) in [6.45, 7) is 1.16. The highest BCUT2D eigenvalue weighted by atomic mass is 32.2. The molecule has 0 radical (unpaired) electrons. The van der Waals surface area contributed by atoms with E-state index in [0.717, 1.165) is 6.54 Å². The zero-order chi connectivity index (χ0) is 10.5. The summed E-state index contributed by atoms with van der Waals surface area (Å²) in [5, 5.41) is 3.58. The topological polar surface area (TPSA) is 24.1 Å². The summed E-state index contributed by atoms with van der Waals surface area (Å²) in [7, 11) is 1.95. The van der Waals surface area contributed by atoms with E-state index in [-0.39, 0.29) is 0 Å². The Morgan fingerprint density at radius 1 is 1.40 bits per heavy atom. The van der Waals surface area contributed by atoms with Gasteiger partial charge in [0.2, 0.25) is 0 Å². The van der Waals surface area contributed by atoms with Crippen LogP contribution in [0.1, 0.15) is 30.9 Å². The van der Waals surface area contributed by atoms with Crippen LogP contribution in [0.2, 0.25) is 0 Å². The lowest BCUT2D eigenvalue weighted by Crippen LogP contribution is -2.26. The molecule has 0 aliphatic carbocycles. The predicted molar refractivity (Wildman–Crippen MR) is 66.0 cm³/mol. The highest BCUT2D eigenvalue weighted by Crippen LogP contribution is 2.25. The molecule has 1 fully saturated rings. The van der Waals surface area contributed by atoms with E-state index in [1.54, 1.807) is 11.9 Å². The van der Waals surface area contributed by atoms with Crippen LogP contribution >= 0.6 is 11.9 Å². The van der Waals surface area contributed by atoms with Crippen molar-refractivity contribution in [3.05, 3.63) is 29.8 Å². The van der Waals surface area contributed by atoms with Crippen LogP contribution in [0, 0.1) is 0 Å². The van der Waals surface area contributed by atoms with Crippen LogP contribution in [-0.2, 0) is 0 Å². The Hall–Kier alpha value is -0.510. The van der Waals surface area contributed by atoms with Crippen LogP contribution in [0.15, 0.2) is 29.2 Å². The molecule has 1 aliphatic rings. The zero-order valence-corrected chi connectivity index (χ0v) is 9.94. The number of piperidine rings is 1. The normalized spacial score (nSPS) is 21.5. The summed E-state index contributed by atoms with van der Waals surface area (Å²) in [4.78, 5) is 1.29. The van der Waals surface area contributed by atoms with Gasteiger partial charge in [-0.05, 0) is 56.1 Å². The third kappa shape index (κ3) is 2.97. The summed E-state index contributed by atoms with van der Waals surface area (Å²) in [6.07, 6.45) is 3.94. The van der Waals surface area contributed by atoms with E-state index in [1.807, 2.05) is 7.05 Å². The average molecular weight is 222 g/mol. The largest absolute Gasteiger partial charge is 0.310 e. The minimum Gasteiger partial charge on any atom is -0.310 e. The van der Waals surface area contributed by atoms with Gasteiger partial charge in [0.05, 0.1) is 0 Å². The smallest absolute Gasteiger partial charge is 0.0320 e. The molecule has 1 saturated heterocycles. The van der Waals surface area contributed by atoms with Crippen molar-refractivity contribution in [3.8, 4) is 0 Å². The van der Waals surface area contributed by atoms with Crippen molar-refractivity contribution in [1.29, 1.82) is 0 Å². The molecule has 1 aromatic rings. The molecule has 1 atom stereocenters.